The monoisotopic (exact) mass is 366 g/mol. The lowest BCUT2D eigenvalue weighted by atomic mass is 10.7. The summed E-state index contributed by atoms with van der Waals surface area (Å²) in [6.07, 6.45) is 0. The van der Waals surface area contributed by atoms with Gasteiger partial charge in [-0.2, -0.15) is 8.42 Å². The molecular formula is C8H10N6O3S4. The third kappa shape index (κ3) is 4.33. The molecule has 2 aromatic rings. The quantitative estimate of drug-likeness (QED) is 0.578. The zero-order chi connectivity index (χ0) is 15.5. The van der Waals surface area contributed by atoms with Crippen LogP contribution in [0.25, 0.3) is 0 Å². The summed E-state index contributed by atoms with van der Waals surface area (Å²) in [5.74, 6) is 0.464. The number of carbonyl (C=O) groups is 1. The molecule has 2 heterocycles. The fourth-order valence-corrected chi connectivity index (χ4v) is 4.94. The van der Waals surface area contributed by atoms with Crippen LogP contribution in [0.3, 0.4) is 0 Å². The summed E-state index contributed by atoms with van der Waals surface area (Å²) >= 11 is 3.35. The fourth-order valence-electron chi connectivity index (χ4n) is 1.11. The Bertz CT molecular complexity index is 739. The van der Waals surface area contributed by atoms with E-state index >= 15 is 0 Å². The smallest absolute Gasteiger partial charge is 0.293 e. The molecule has 0 spiro atoms. The molecule has 0 saturated carbocycles. The van der Waals surface area contributed by atoms with Crippen LogP contribution in [-0.2, 0) is 14.8 Å². The predicted molar refractivity (Wildman–Crippen MR) is 81.3 cm³/mol. The van der Waals surface area contributed by atoms with Crippen LogP contribution in [-0.4, -0.2) is 40.5 Å². The summed E-state index contributed by atoms with van der Waals surface area (Å²) < 4.78 is 26.9. The van der Waals surface area contributed by atoms with Crippen LogP contribution >= 0.6 is 34.4 Å². The molecule has 0 unspecified atom stereocenters. The number of hydrogen-bond acceptors (Lipinski definition) is 10. The number of aromatic nitrogens is 4. The Labute approximate surface area is 132 Å². The van der Waals surface area contributed by atoms with Crippen molar-refractivity contribution in [2.75, 3.05) is 15.8 Å². The van der Waals surface area contributed by atoms with E-state index in [0.29, 0.717) is 4.34 Å². The molecule has 0 aliphatic heterocycles. The highest BCUT2D eigenvalue weighted by Crippen LogP contribution is 2.28. The van der Waals surface area contributed by atoms with E-state index in [1.54, 1.807) is 0 Å². The standard InChI is InChI=1S/C8H10N6O3S4/c1-3-18-7-12-11-6(19-7)14-21(16,17)8-13-10-5(20-8)9-4(2)15/h3H2,1-2H3,(H,11,14)(H,9,10,15). The predicted octanol–water partition coefficient (Wildman–Crippen LogP) is 1.26. The molecule has 2 aromatic heterocycles. The van der Waals surface area contributed by atoms with Crippen LogP contribution in [0.2, 0.25) is 0 Å². The molecule has 2 N–H and O–H groups in total. The van der Waals surface area contributed by atoms with E-state index < -0.39 is 10.0 Å². The summed E-state index contributed by atoms with van der Waals surface area (Å²) in [7, 11) is -3.89. The lowest BCUT2D eigenvalue weighted by Gasteiger charge is -1.98. The summed E-state index contributed by atoms with van der Waals surface area (Å²) in [4.78, 5) is 10.9. The second kappa shape index (κ2) is 6.64. The maximum absolute atomic E-state index is 12.1. The van der Waals surface area contributed by atoms with Crippen LogP contribution in [0, 0.1) is 0 Å². The van der Waals surface area contributed by atoms with Crippen molar-refractivity contribution in [3.05, 3.63) is 0 Å². The molecule has 2 rings (SSSR count). The molecule has 21 heavy (non-hydrogen) atoms. The number of nitrogens with one attached hydrogen (secondary N) is 2. The van der Waals surface area contributed by atoms with Gasteiger partial charge < -0.3 is 5.32 Å². The molecular weight excluding hydrogens is 356 g/mol. The summed E-state index contributed by atoms with van der Waals surface area (Å²) in [5, 5.41) is 17.3. The van der Waals surface area contributed by atoms with Gasteiger partial charge in [0.2, 0.25) is 16.2 Å². The third-order valence-corrected chi connectivity index (χ3v) is 6.34. The highest BCUT2D eigenvalue weighted by molar-refractivity contribution is 8.01. The normalized spacial score (nSPS) is 11.3. The molecule has 1 amide bonds. The molecule has 0 saturated heterocycles. The molecule has 13 heteroatoms. The van der Waals surface area contributed by atoms with Crippen molar-refractivity contribution in [3.63, 3.8) is 0 Å². The topological polar surface area (TPSA) is 127 Å². The van der Waals surface area contributed by atoms with Gasteiger partial charge in [-0.1, -0.05) is 41.4 Å². The third-order valence-electron chi connectivity index (χ3n) is 1.82. The maximum Gasteiger partial charge on any atom is 0.293 e. The molecule has 0 aliphatic carbocycles. The van der Waals surface area contributed by atoms with Crippen molar-refractivity contribution in [2.24, 2.45) is 0 Å². The Balaban J connectivity index is 2.13. The average molecular weight is 366 g/mol. The highest BCUT2D eigenvalue weighted by Gasteiger charge is 2.22. The minimum absolute atomic E-state index is 0.113. The van der Waals surface area contributed by atoms with Gasteiger partial charge in [0.05, 0.1) is 0 Å². The number of thioether (sulfide) groups is 1. The van der Waals surface area contributed by atoms with Crippen LogP contribution in [0.5, 0.6) is 0 Å². The maximum atomic E-state index is 12.1. The number of sulfonamides is 1. The van der Waals surface area contributed by atoms with Gasteiger partial charge in [-0.05, 0) is 5.75 Å². The SMILES string of the molecule is CCSc1nnc(NS(=O)(=O)c2nnc(NC(C)=O)s2)s1. The minimum Gasteiger partial charge on any atom is -0.301 e. The van der Waals surface area contributed by atoms with E-state index in [0.717, 1.165) is 28.4 Å². The van der Waals surface area contributed by atoms with Gasteiger partial charge in [0.25, 0.3) is 14.4 Å². The zero-order valence-corrected chi connectivity index (χ0v) is 14.1. The first-order valence-electron chi connectivity index (χ1n) is 5.51. The van der Waals surface area contributed by atoms with Crippen molar-refractivity contribution < 1.29 is 13.2 Å². The Kier molecular flexibility index (Phi) is 5.08. The van der Waals surface area contributed by atoms with E-state index in [4.69, 9.17) is 0 Å². The summed E-state index contributed by atoms with van der Waals surface area (Å²) in [5.41, 5.74) is 0. The second-order valence-electron chi connectivity index (χ2n) is 3.47. The van der Waals surface area contributed by atoms with Gasteiger partial charge in [0.1, 0.15) is 0 Å². The molecule has 0 bridgehead atoms. The van der Waals surface area contributed by atoms with Gasteiger partial charge in [-0.3, -0.25) is 9.52 Å². The molecule has 0 radical (unpaired) electrons. The van der Waals surface area contributed by atoms with Gasteiger partial charge in [-0.25, -0.2) is 0 Å². The fraction of sp³-hybridized carbons (Fsp3) is 0.375. The number of rotatable bonds is 6. The van der Waals surface area contributed by atoms with Crippen molar-refractivity contribution >= 4 is 60.6 Å². The van der Waals surface area contributed by atoms with E-state index in [1.165, 1.54) is 18.7 Å². The number of anilines is 2. The second-order valence-corrected chi connectivity index (χ2v) is 8.79. The Morgan fingerprint density at radius 3 is 2.57 bits per heavy atom. The average Bonchev–Trinajstić information content (AvgIpc) is 2.98. The number of hydrogen-bond donors (Lipinski definition) is 2. The molecule has 0 aromatic carbocycles. The molecule has 114 valence electrons. The number of amides is 1. The lowest BCUT2D eigenvalue weighted by molar-refractivity contribution is -0.114. The molecule has 0 atom stereocenters. The highest BCUT2D eigenvalue weighted by atomic mass is 32.2. The number of carbonyl (C=O) groups excluding carboxylic acids is 1. The van der Waals surface area contributed by atoms with E-state index in [2.05, 4.69) is 30.4 Å². The Hall–Kier alpha value is -1.31. The van der Waals surface area contributed by atoms with Gasteiger partial charge >= 0.3 is 0 Å². The first kappa shape index (κ1) is 16.1. The number of nitrogens with zero attached hydrogens (tertiary/aromatic N) is 4. The van der Waals surface area contributed by atoms with Crippen molar-refractivity contribution in [1.29, 1.82) is 0 Å². The van der Waals surface area contributed by atoms with Gasteiger partial charge in [0.15, 0.2) is 4.34 Å². The molecule has 0 fully saturated rings. The Morgan fingerprint density at radius 2 is 1.90 bits per heavy atom. The zero-order valence-electron chi connectivity index (χ0n) is 10.9. The van der Waals surface area contributed by atoms with Crippen molar-refractivity contribution in [2.45, 2.75) is 22.5 Å². The molecule has 9 nitrogen and oxygen atoms in total. The van der Waals surface area contributed by atoms with Crippen molar-refractivity contribution in [1.82, 2.24) is 20.4 Å². The first-order chi connectivity index (χ1) is 9.90. The minimum atomic E-state index is -3.89. The Morgan fingerprint density at radius 1 is 1.19 bits per heavy atom. The van der Waals surface area contributed by atoms with E-state index in [-0.39, 0.29) is 20.5 Å². The van der Waals surface area contributed by atoms with E-state index in [1.807, 2.05) is 6.92 Å². The summed E-state index contributed by atoms with van der Waals surface area (Å²) in [6.45, 7) is 3.25. The van der Waals surface area contributed by atoms with Crippen LogP contribution in [0.1, 0.15) is 13.8 Å². The van der Waals surface area contributed by atoms with Gasteiger partial charge in [-0.15, -0.1) is 20.4 Å². The van der Waals surface area contributed by atoms with Crippen molar-refractivity contribution in [3.8, 4) is 0 Å². The molecule has 0 aliphatic rings. The first-order valence-corrected chi connectivity index (χ1v) is 9.61. The van der Waals surface area contributed by atoms with Crippen LogP contribution in [0.4, 0.5) is 10.3 Å². The largest absolute Gasteiger partial charge is 0.301 e. The van der Waals surface area contributed by atoms with Crippen LogP contribution < -0.4 is 10.0 Å². The van der Waals surface area contributed by atoms with Gasteiger partial charge in [0, 0.05) is 6.92 Å². The van der Waals surface area contributed by atoms with E-state index in [9.17, 15) is 13.2 Å². The lowest BCUT2D eigenvalue weighted by Crippen LogP contribution is -2.12. The van der Waals surface area contributed by atoms with Crippen LogP contribution in [0.15, 0.2) is 8.68 Å². The summed E-state index contributed by atoms with van der Waals surface area (Å²) in [6, 6.07) is 0.